The van der Waals surface area contributed by atoms with Gasteiger partial charge in [0.05, 0.1) is 12.7 Å². The maximum atomic E-state index is 12.5. The zero-order valence-corrected chi connectivity index (χ0v) is 12.4. The highest BCUT2D eigenvalue weighted by Crippen LogP contribution is 2.24. The number of amidine groups is 1. The zero-order chi connectivity index (χ0) is 16.0. The summed E-state index contributed by atoms with van der Waals surface area (Å²) in [5, 5.41) is 21.4. The smallest absolute Gasteiger partial charge is 0.257 e. The lowest BCUT2D eigenvalue weighted by Crippen LogP contribution is -2.38. The van der Waals surface area contributed by atoms with Gasteiger partial charge in [0.25, 0.3) is 5.91 Å². The third kappa shape index (κ3) is 4.01. The maximum absolute atomic E-state index is 12.5. The second-order valence-corrected chi connectivity index (χ2v) is 4.65. The number of phenolic OH excluding ortho intramolecular Hbond substituents is 1. The van der Waals surface area contributed by atoms with Crippen LogP contribution in [0.5, 0.6) is 11.5 Å². The number of nitrogens with zero attached hydrogens (tertiary/aromatic N) is 2. The number of benzene rings is 1. The van der Waals surface area contributed by atoms with Gasteiger partial charge in [-0.3, -0.25) is 4.79 Å². The Morgan fingerprint density at radius 2 is 2.19 bits per heavy atom. The van der Waals surface area contributed by atoms with Gasteiger partial charge in [-0.2, -0.15) is 0 Å². The minimum absolute atomic E-state index is 0.0520. The number of hydrogen-bond donors (Lipinski definition) is 3. The van der Waals surface area contributed by atoms with Gasteiger partial charge in [-0.15, -0.1) is 0 Å². The lowest BCUT2D eigenvalue weighted by Gasteiger charge is -2.24. The van der Waals surface area contributed by atoms with Crippen LogP contribution in [0, 0.1) is 5.92 Å². The molecular formula is C14H21N3O4. The first-order valence-corrected chi connectivity index (χ1v) is 6.58. The van der Waals surface area contributed by atoms with Gasteiger partial charge < -0.3 is 25.7 Å². The number of nitrogens with two attached hydrogens (primary N) is 1. The van der Waals surface area contributed by atoms with Crippen molar-refractivity contribution in [2.75, 3.05) is 20.2 Å². The Morgan fingerprint density at radius 1 is 1.52 bits per heavy atom. The first-order chi connectivity index (χ1) is 9.94. The molecule has 4 N–H and O–H groups in total. The number of amides is 1. The highest BCUT2D eigenvalue weighted by atomic mass is 16.5. The fraction of sp³-hybridized carbons (Fsp3) is 0.429. The summed E-state index contributed by atoms with van der Waals surface area (Å²) in [6.45, 7) is 4.27. The number of phenols is 1. The van der Waals surface area contributed by atoms with Crippen LogP contribution >= 0.6 is 0 Å². The Balaban J connectivity index is 2.98. The van der Waals surface area contributed by atoms with Crippen molar-refractivity contribution >= 4 is 11.7 Å². The number of methoxy groups -OCH3 is 1. The molecule has 0 saturated carbocycles. The molecule has 7 heteroatoms. The molecule has 0 fully saturated rings. The van der Waals surface area contributed by atoms with Gasteiger partial charge in [0, 0.05) is 19.0 Å². The molecule has 0 aliphatic carbocycles. The molecule has 1 aromatic rings. The summed E-state index contributed by atoms with van der Waals surface area (Å²) >= 11 is 0. The lowest BCUT2D eigenvalue weighted by atomic mass is 10.1. The van der Waals surface area contributed by atoms with Crippen LogP contribution < -0.4 is 10.5 Å². The van der Waals surface area contributed by atoms with Crippen molar-refractivity contribution in [3.05, 3.63) is 23.8 Å². The second-order valence-electron chi connectivity index (χ2n) is 4.65. The van der Waals surface area contributed by atoms with E-state index in [0.29, 0.717) is 12.3 Å². The number of rotatable bonds is 6. The maximum Gasteiger partial charge on any atom is 0.257 e. The van der Waals surface area contributed by atoms with Crippen molar-refractivity contribution in [1.29, 1.82) is 0 Å². The van der Waals surface area contributed by atoms with Gasteiger partial charge in [0.15, 0.2) is 0 Å². The lowest BCUT2D eigenvalue weighted by molar-refractivity contribution is 0.0750. The van der Waals surface area contributed by atoms with E-state index < -0.39 is 0 Å². The van der Waals surface area contributed by atoms with E-state index in [-0.39, 0.29) is 35.5 Å². The molecule has 21 heavy (non-hydrogen) atoms. The highest BCUT2D eigenvalue weighted by Gasteiger charge is 2.21. The molecule has 0 radical (unpaired) electrons. The van der Waals surface area contributed by atoms with E-state index in [1.165, 1.54) is 24.1 Å². The number of carbonyl (C=O) groups excluding carboxylic acids is 1. The summed E-state index contributed by atoms with van der Waals surface area (Å²) in [6, 6.07) is 4.46. The summed E-state index contributed by atoms with van der Waals surface area (Å²) in [4.78, 5) is 14.0. The SMILES string of the molecule is CCN(CC(C)C(N)=NO)C(=O)c1cc(OC)ccc1O. The summed E-state index contributed by atoms with van der Waals surface area (Å²) in [6.07, 6.45) is 0. The van der Waals surface area contributed by atoms with Crippen molar-refractivity contribution in [1.82, 2.24) is 4.90 Å². The van der Waals surface area contributed by atoms with Crippen molar-refractivity contribution in [3.8, 4) is 11.5 Å². The van der Waals surface area contributed by atoms with Crippen LogP contribution in [0.1, 0.15) is 24.2 Å². The van der Waals surface area contributed by atoms with Gasteiger partial charge in [-0.25, -0.2) is 0 Å². The molecule has 1 atom stereocenters. The first kappa shape index (κ1) is 16.6. The molecule has 0 heterocycles. The summed E-state index contributed by atoms with van der Waals surface area (Å²) in [7, 11) is 1.48. The van der Waals surface area contributed by atoms with E-state index in [2.05, 4.69) is 5.16 Å². The van der Waals surface area contributed by atoms with Gasteiger partial charge >= 0.3 is 0 Å². The van der Waals surface area contributed by atoms with E-state index in [1.54, 1.807) is 13.0 Å². The molecule has 1 amide bonds. The van der Waals surface area contributed by atoms with Crippen molar-refractivity contribution in [2.24, 2.45) is 16.8 Å². The monoisotopic (exact) mass is 295 g/mol. The second kappa shape index (κ2) is 7.37. The topological polar surface area (TPSA) is 108 Å². The molecule has 0 aliphatic heterocycles. The van der Waals surface area contributed by atoms with Crippen LogP contribution in [0.4, 0.5) is 0 Å². The van der Waals surface area contributed by atoms with Crippen LogP contribution in [0.25, 0.3) is 0 Å². The van der Waals surface area contributed by atoms with Gasteiger partial charge in [-0.05, 0) is 25.1 Å². The molecule has 0 bridgehead atoms. The van der Waals surface area contributed by atoms with Crippen molar-refractivity contribution in [3.63, 3.8) is 0 Å². The number of hydrogen-bond acceptors (Lipinski definition) is 5. The molecule has 116 valence electrons. The standard InChI is InChI=1S/C14H21N3O4/c1-4-17(8-9(2)13(15)16-20)14(19)11-7-10(21-3)5-6-12(11)18/h5-7,9,18,20H,4,8H2,1-3H3,(H2,15,16). The molecule has 1 unspecified atom stereocenters. The fourth-order valence-corrected chi connectivity index (χ4v) is 1.86. The van der Waals surface area contributed by atoms with Crippen LogP contribution in [0.2, 0.25) is 0 Å². The average Bonchev–Trinajstić information content (AvgIpc) is 2.51. The number of carbonyl (C=O) groups is 1. The molecule has 1 rings (SSSR count). The number of ether oxygens (including phenoxy) is 1. The normalized spacial score (nSPS) is 12.8. The quantitative estimate of drug-likeness (QED) is 0.317. The van der Waals surface area contributed by atoms with Crippen LogP contribution in [-0.2, 0) is 0 Å². The molecule has 7 nitrogen and oxygen atoms in total. The summed E-state index contributed by atoms with van der Waals surface area (Å²) in [5.41, 5.74) is 5.68. The van der Waals surface area contributed by atoms with E-state index >= 15 is 0 Å². The Hall–Kier alpha value is -2.44. The van der Waals surface area contributed by atoms with Gasteiger partial charge in [0.2, 0.25) is 0 Å². The van der Waals surface area contributed by atoms with Gasteiger partial charge in [0.1, 0.15) is 17.3 Å². The van der Waals surface area contributed by atoms with E-state index in [0.717, 1.165) is 0 Å². The number of aromatic hydroxyl groups is 1. The minimum Gasteiger partial charge on any atom is -0.507 e. The largest absolute Gasteiger partial charge is 0.507 e. The van der Waals surface area contributed by atoms with Crippen LogP contribution in [0.15, 0.2) is 23.4 Å². The van der Waals surface area contributed by atoms with Crippen molar-refractivity contribution in [2.45, 2.75) is 13.8 Å². The summed E-state index contributed by atoms with van der Waals surface area (Å²) < 4.78 is 5.06. The molecule has 0 aromatic heterocycles. The minimum atomic E-state index is -0.341. The molecule has 0 saturated heterocycles. The first-order valence-electron chi connectivity index (χ1n) is 6.58. The highest BCUT2D eigenvalue weighted by molar-refractivity contribution is 5.97. The zero-order valence-electron chi connectivity index (χ0n) is 12.4. The van der Waals surface area contributed by atoms with Crippen LogP contribution in [0.3, 0.4) is 0 Å². The predicted molar refractivity (Wildman–Crippen MR) is 78.8 cm³/mol. The average molecular weight is 295 g/mol. The van der Waals surface area contributed by atoms with Gasteiger partial charge in [-0.1, -0.05) is 12.1 Å². The third-order valence-corrected chi connectivity index (χ3v) is 3.22. The number of oxime groups is 1. The summed E-state index contributed by atoms with van der Waals surface area (Å²) in [5.74, 6) is -0.221. The van der Waals surface area contributed by atoms with E-state index in [1.807, 2.05) is 6.92 Å². The Labute approximate surface area is 123 Å². The molecule has 0 aliphatic rings. The van der Waals surface area contributed by atoms with E-state index in [4.69, 9.17) is 15.7 Å². The predicted octanol–water partition coefficient (Wildman–Crippen LogP) is 1.25. The molecular weight excluding hydrogens is 274 g/mol. The Bertz CT molecular complexity index is 531. The Kier molecular flexibility index (Phi) is 5.83. The van der Waals surface area contributed by atoms with Crippen molar-refractivity contribution < 1.29 is 19.8 Å². The molecule has 0 spiro atoms. The Morgan fingerprint density at radius 3 is 2.71 bits per heavy atom. The third-order valence-electron chi connectivity index (χ3n) is 3.22. The molecule has 1 aromatic carbocycles. The fourth-order valence-electron chi connectivity index (χ4n) is 1.86. The van der Waals surface area contributed by atoms with Crippen LogP contribution in [-0.4, -0.2) is 47.2 Å². The van der Waals surface area contributed by atoms with E-state index in [9.17, 15) is 9.90 Å².